The second kappa shape index (κ2) is 9.02. The first-order valence-electron chi connectivity index (χ1n) is 6.75. The zero-order valence-electron chi connectivity index (χ0n) is 12.4. The van der Waals surface area contributed by atoms with Crippen molar-refractivity contribution in [2.24, 2.45) is 5.73 Å². The molecule has 0 bridgehead atoms. The van der Waals surface area contributed by atoms with Crippen LogP contribution in [0.3, 0.4) is 0 Å². The highest BCUT2D eigenvalue weighted by molar-refractivity contribution is 7.98. The van der Waals surface area contributed by atoms with Gasteiger partial charge in [0.1, 0.15) is 5.82 Å². The Morgan fingerprint density at radius 1 is 1.45 bits per heavy atom. The first-order valence-corrected chi connectivity index (χ1v) is 8.14. The summed E-state index contributed by atoms with van der Waals surface area (Å²) in [5, 5.41) is 0. The monoisotopic (exact) mass is 294 g/mol. The molecule has 0 aliphatic carbocycles. The lowest BCUT2D eigenvalue weighted by atomic mass is 10.1. The number of benzene rings is 1. The molecule has 20 heavy (non-hydrogen) atoms. The molecule has 0 amide bonds. The van der Waals surface area contributed by atoms with Crippen molar-refractivity contribution >= 4 is 11.8 Å². The predicted molar refractivity (Wildman–Crippen MR) is 86.3 cm³/mol. The van der Waals surface area contributed by atoms with Gasteiger partial charge in [-0.25, -0.2) is 4.39 Å². The average Bonchev–Trinajstić information content (AvgIpc) is 2.45. The van der Waals surface area contributed by atoms with Crippen LogP contribution >= 0.6 is 11.8 Å². The van der Waals surface area contributed by atoms with E-state index in [2.05, 4.69) is 37.0 Å². The van der Waals surface area contributed by atoms with Crippen molar-refractivity contribution in [3.05, 3.63) is 35.1 Å². The molecular weight excluding hydrogens is 271 g/mol. The number of thioether (sulfide) groups is 1. The Kier molecular flexibility index (Phi) is 7.68. The van der Waals surface area contributed by atoms with Gasteiger partial charge in [0.25, 0.3) is 0 Å². The lowest BCUT2D eigenvalue weighted by Crippen LogP contribution is -2.29. The fraction of sp³-hybridized carbons (Fsp3) is 0.500. The molecule has 0 saturated carbocycles. The first-order chi connectivity index (χ1) is 9.58. The Labute approximate surface area is 125 Å². The first kappa shape index (κ1) is 17.0. The van der Waals surface area contributed by atoms with Gasteiger partial charge >= 0.3 is 0 Å². The summed E-state index contributed by atoms with van der Waals surface area (Å²) in [4.78, 5) is 2.28. The summed E-state index contributed by atoms with van der Waals surface area (Å²) in [5.74, 6) is 6.35. The maximum Gasteiger partial charge on any atom is 0.138 e. The molecule has 1 aromatic carbocycles. The molecule has 0 saturated heterocycles. The molecule has 0 aromatic heterocycles. The highest BCUT2D eigenvalue weighted by Gasteiger charge is 2.10. The summed E-state index contributed by atoms with van der Waals surface area (Å²) in [6.07, 6.45) is 3.27. The minimum absolute atomic E-state index is 0.245. The standard InChI is InChI=1S/C16H23FN2S/c1-13(8-10-20-3)19(2)12-14-6-7-16(17)15(11-14)5-4-9-18/h6-7,11,13H,8-10,12,18H2,1-3H3. The Hall–Kier alpha value is -1.02. The molecule has 0 radical (unpaired) electrons. The summed E-state index contributed by atoms with van der Waals surface area (Å²) < 4.78 is 13.6. The van der Waals surface area contributed by atoms with Crippen LogP contribution in [-0.4, -0.2) is 36.5 Å². The molecule has 1 rings (SSSR count). The van der Waals surface area contributed by atoms with Gasteiger partial charge in [-0.1, -0.05) is 17.9 Å². The molecule has 2 N–H and O–H groups in total. The number of rotatable bonds is 6. The predicted octanol–water partition coefficient (Wildman–Crippen LogP) is 2.71. The van der Waals surface area contributed by atoms with Crippen molar-refractivity contribution < 1.29 is 4.39 Å². The summed E-state index contributed by atoms with van der Waals surface area (Å²) >= 11 is 1.86. The van der Waals surface area contributed by atoms with Crippen molar-refractivity contribution in [2.75, 3.05) is 25.6 Å². The normalized spacial score (nSPS) is 12.1. The van der Waals surface area contributed by atoms with Crippen molar-refractivity contribution in [3.63, 3.8) is 0 Å². The van der Waals surface area contributed by atoms with Gasteiger partial charge in [-0.05, 0) is 50.1 Å². The molecule has 0 heterocycles. The summed E-state index contributed by atoms with van der Waals surface area (Å²) in [6.45, 7) is 3.26. The average molecular weight is 294 g/mol. The number of hydrogen-bond donors (Lipinski definition) is 1. The molecule has 1 atom stereocenters. The highest BCUT2D eigenvalue weighted by atomic mass is 32.2. The lowest BCUT2D eigenvalue weighted by molar-refractivity contribution is 0.245. The fourth-order valence-electron chi connectivity index (χ4n) is 1.87. The maximum atomic E-state index is 13.6. The third-order valence-corrected chi connectivity index (χ3v) is 3.92. The van der Waals surface area contributed by atoms with Crippen LogP contribution < -0.4 is 5.73 Å². The largest absolute Gasteiger partial charge is 0.320 e. The van der Waals surface area contributed by atoms with Gasteiger partial charge in [0.2, 0.25) is 0 Å². The molecule has 0 aliphatic heterocycles. The van der Waals surface area contributed by atoms with Gasteiger partial charge < -0.3 is 5.73 Å². The second-order valence-electron chi connectivity index (χ2n) is 4.87. The zero-order chi connectivity index (χ0) is 15.0. The van der Waals surface area contributed by atoms with Gasteiger partial charge in [0.15, 0.2) is 0 Å². The van der Waals surface area contributed by atoms with Crippen LogP contribution in [0.2, 0.25) is 0 Å². The van der Waals surface area contributed by atoms with Crippen molar-refractivity contribution in [2.45, 2.75) is 25.9 Å². The molecular formula is C16H23FN2S. The van der Waals surface area contributed by atoms with Gasteiger partial charge in [-0.2, -0.15) is 11.8 Å². The zero-order valence-corrected chi connectivity index (χ0v) is 13.3. The van der Waals surface area contributed by atoms with Crippen LogP contribution in [0.5, 0.6) is 0 Å². The highest BCUT2D eigenvalue weighted by Crippen LogP contribution is 2.14. The molecule has 0 fully saturated rings. The van der Waals surface area contributed by atoms with E-state index in [1.165, 1.54) is 6.07 Å². The summed E-state index contributed by atoms with van der Waals surface area (Å²) in [5.41, 5.74) is 6.83. The maximum absolute atomic E-state index is 13.6. The van der Waals surface area contributed by atoms with Crippen molar-refractivity contribution in [1.82, 2.24) is 4.90 Å². The minimum Gasteiger partial charge on any atom is -0.320 e. The summed E-state index contributed by atoms with van der Waals surface area (Å²) in [6, 6.07) is 5.62. The molecule has 0 spiro atoms. The number of hydrogen-bond acceptors (Lipinski definition) is 3. The molecule has 4 heteroatoms. The number of nitrogens with two attached hydrogens (primary N) is 1. The van der Waals surface area contributed by atoms with Crippen LogP contribution in [-0.2, 0) is 6.54 Å². The van der Waals surface area contributed by atoms with Crippen LogP contribution in [0, 0.1) is 17.7 Å². The quantitative estimate of drug-likeness (QED) is 0.818. The Balaban J connectivity index is 2.72. The smallest absolute Gasteiger partial charge is 0.138 e. The molecule has 0 aliphatic rings. The third kappa shape index (κ3) is 5.54. The van der Waals surface area contributed by atoms with E-state index in [0.717, 1.165) is 24.3 Å². The van der Waals surface area contributed by atoms with Gasteiger partial charge in [-0.15, -0.1) is 0 Å². The van der Waals surface area contributed by atoms with Crippen LogP contribution in [0.15, 0.2) is 18.2 Å². The van der Waals surface area contributed by atoms with Gasteiger partial charge in [0.05, 0.1) is 12.1 Å². The van der Waals surface area contributed by atoms with Crippen LogP contribution in [0.1, 0.15) is 24.5 Å². The van der Waals surface area contributed by atoms with Gasteiger partial charge in [0, 0.05) is 12.6 Å². The van der Waals surface area contributed by atoms with E-state index in [0.29, 0.717) is 11.6 Å². The molecule has 2 nitrogen and oxygen atoms in total. The molecule has 1 unspecified atom stereocenters. The Bertz CT molecular complexity index is 479. The molecule has 1 aromatic rings. The SMILES string of the molecule is CSCCC(C)N(C)Cc1ccc(F)c(C#CCN)c1. The van der Waals surface area contributed by atoms with E-state index < -0.39 is 0 Å². The third-order valence-electron chi connectivity index (χ3n) is 3.28. The van der Waals surface area contributed by atoms with Crippen molar-refractivity contribution in [1.29, 1.82) is 0 Å². The topological polar surface area (TPSA) is 29.3 Å². The van der Waals surface area contributed by atoms with E-state index in [1.54, 1.807) is 0 Å². The Morgan fingerprint density at radius 3 is 2.85 bits per heavy atom. The fourth-order valence-corrected chi connectivity index (χ4v) is 2.44. The van der Waals surface area contributed by atoms with Gasteiger partial charge in [-0.3, -0.25) is 4.90 Å². The lowest BCUT2D eigenvalue weighted by Gasteiger charge is -2.24. The van der Waals surface area contributed by atoms with E-state index in [4.69, 9.17) is 5.73 Å². The van der Waals surface area contributed by atoms with Crippen LogP contribution in [0.4, 0.5) is 4.39 Å². The second-order valence-corrected chi connectivity index (χ2v) is 5.85. The minimum atomic E-state index is -0.284. The molecule has 110 valence electrons. The van der Waals surface area contributed by atoms with Crippen molar-refractivity contribution in [3.8, 4) is 11.8 Å². The summed E-state index contributed by atoms with van der Waals surface area (Å²) in [7, 11) is 2.10. The Morgan fingerprint density at radius 2 is 2.20 bits per heavy atom. The number of nitrogens with zero attached hydrogens (tertiary/aromatic N) is 1. The number of halogens is 1. The van der Waals surface area contributed by atoms with E-state index in [-0.39, 0.29) is 12.4 Å². The van der Waals surface area contributed by atoms with E-state index >= 15 is 0 Å². The van der Waals surface area contributed by atoms with E-state index in [9.17, 15) is 4.39 Å². The van der Waals surface area contributed by atoms with Crippen LogP contribution in [0.25, 0.3) is 0 Å². The van der Waals surface area contributed by atoms with E-state index in [1.807, 2.05) is 23.9 Å².